The minimum absolute atomic E-state index is 0.219. The summed E-state index contributed by atoms with van der Waals surface area (Å²) >= 11 is 6.17. The normalized spacial score (nSPS) is 11.0. The summed E-state index contributed by atoms with van der Waals surface area (Å²) in [7, 11) is -2.08. The molecule has 2 aromatic carbocycles. The largest absolute Gasteiger partial charge is 0.494 e. The summed E-state index contributed by atoms with van der Waals surface area (Å²) in [4.78, 5) is 27.4. The van der Waals surface area contributed by atoms with Gasteiger partial charge in [-0.15, -0.1) is 0 Å². The first-order valence-electron chi connectivity index (χ1n) is 8.76. The molecule has 8 nitrogen and oxygen atoms in total. The molecule has 0 fully saturated rings. The second kappa shape index (κ2) is 9.29. The molecule has 0 unspecified atom stereocenters. The van der Waals surface area contributed by atoms with E-state index in [1.54, 1.807) is 56.4 Å². The first-order chi connectivity index (χ1) is 14.0. The molecular formula is C20H21ClN2O6S. The zero-order valence-electron chi connectivity index (χ0n) is 16.5. The molecule has 160 valence electrons. The molecule has 0 spiro atoms. The van der Waals surface area contributed by atoms with Crippen molar-refractivity contribution in [1.29, 1.82) is 0 Å². The Morgan fingerprint density at radius 3 is 2.23 bits per heavy atom. The maximum atomic E-state index is 13.0. The molecule has 0 bridgehead atoms. The van der Waals surface area contributed by atoms with Gasteiger partial charge in [0.2, 0.25) is 11.3 Å². The molecule has 0 saturated heterocycles. The van der Waals surface area contributed by atoms with Gasteiger partial charge in [0.25, 0.3) is 16.0 Å². The molecule has 30 heavy (non-hydrogen) atoms. The van der Waals surface area contributed by atoms with Crippen LogP contribution in [0.2, 0.25) is 5.02 Å². The fourth-order valence-corrected chi connectivity index (χ4v) is 3.16. The van der Waals surface area contributed by atoms with Crippen molar-refractivity contribution < 1.29 is 22.9 Å². The lowest BCUT2D eigenvalue weighted by Crippen LogP contribution is -2.35. The number of benzene rings is 2. The first-order valence-corrected chi connectivity index (χ1v) is 11.0. The number of para-hydroxylation sites is 1. The monoisotopic (exact) mass is 452 g/mol. The van der Waals surface area contributed by atoms with Gasteiger partial charge in [-0.3, -0.25) is 14.1 Å². The van der Waals surface area contributed by atoms with Crippen molar-refractivity contribution in [1.82, 2.24) is 4.57 Å². The number of aromatic hydroxyl groups is 1. The number of fused-ring (bicyclic) bond motifs is 1. The second-order valence-electron chi connectivity index (χ2n) is 6.34. The fraction of sp³-hybridized carbons (Fsp3) is 0.200. The number of nitrogens with zero attached hydrogens (tertiary/aromatic N) is 2. The zero-order valence-corrected chi connectivity index (χ0v) is 18.1. The van der Waals surface area contributed by atoms with Crippen LogP contribution in [0.1, 0.15) is 17.3 Å². The molecule has 0 aliphatic rings. The Morgan fingerprint density at radius 1 is 1.13 bits per heavy atom. The highest BCUT2D eigenvalue weighted by Gasteiger charge is 2.26. The minimum atomic E-state index is -3.67. The minimum Gasteiger partial charge on any atom is -0.494 e. The van der Waals surface area contributed by atoms with E-state index in [1.165, 1.54) is 9.47 Å². The lowest BCUT2D eigenvalue weighted by molar-refractivity contribution is 0.0983. The Hall–Kier alpha value is -2.88. The number of anilines is 1. The van der Waals surface area contributed by atoms with Gasteiger partial charge in [-0.25, -0.2) is 0 Å². The molecule has 3 rings (SSSR count). The zero-order chi connectivity index (χ0) is 22.6. The number of rotatable bonds is 3. The highest BCUT2D eigenvalue weighted by molar-refractivity contribution is 7.85. The van der Waals surface area contributed by atoms with Gasteiger partial charge in [0.15, 0.2) is 0 Å². The SMILES string of the molecule is CCN(C(=O)c1c(O)n(C)c2cccc(Cl)c2c1=O)c1ccccc1.CS(=O)(=O)O. The van der Waals surface area contributed by atoms with E-state index in [-0.39, 0.29) is 21.9 Å². The quantitative estimate of drug-likeness (QED) is 0.590. The third-order valence-electron chi connectivity index (χ3n) is 4.19. The van der Waals surface area contributed by atoms with Crippen molar-refractivity contribution in [2.45, 2.75) is 6.92 Å². The van der Waals surface area contributed by atoms with Crippen molar-refractivity contribution in [3.63, 3.8) is 0 Å². The maximum absolute atomic E-state index is 13.0. The van der Waals surface area contributed by atoms with Gasteiger partial charge in [0.1, 0.15) is 5.56 Å². The highest BCUT2D eigenvalue weighted by atomic mass is 35.5. The van der Waals surface area contributed by atoms with E-state index in [4.69, 9.17) is 16.2 Å². The molecule has 0 saturated carbocycles. The molecule has 0 aliphatic carbocycles. The number of halogens is 1. The van der Waals surface area contributed by atoms with Crippen LogP contribution in [0.4, 0.5) is 5.69 Å². The summed E-state index contributed by atoms with van der Waals surface area (Å²) in [5.41, 5.74) is 0.259. The lowest BCUT2D eigenvalue weighted by Gasteiger charge is -2.22. The van der Waals surface area contributed by atoms with Crippen LogP contribution >= 0.6 is 11.6 Å². The average Bonchev–Trinajstić information content (AvgIpc) is 2.66. The highest BCUT2D eigenvalue weighted by Crippen LogP contribution is 2.27. The van der Waals surface area contributed by atoms with Crippen molar-refractivity contribution in [2.24, 2.45) is 7.05 Å². The second-order valence-corrected chi connectivity index (χ2v) is 8.21. The average molecular weight is 453 g/mol. The lowest BCUT2D eigenvalue weighted by atomic mass is 10.1. The molecule has 2 N–H and O–H groups in total. The summed E-state index contributed by atoms with van der Waals surface area (Å²) in [6.07, 6.45) is 0.715. The van der Waals surface area contributed by atoms with Crippen LogP contribution in [0.5, 0.6) is 5.88 Å². The molecule has 1 aromatic heterocycles. The smallest absolute Gasteiger partial charge is 0.267 e. The Kier molecular flexibility index (Phi) is 7.25. The molecule has 1 heterocycles. The standard InChI is InChI=1S/C19H17ClN2O3.CH4O3S/c1-3-22(12-8-5-4-6-9-12)19(25)16-17(23)15-13(20)10-7-11-14(15)21(2)18(16)24;1-5(2,3)4/h4-11,24H,3H2,1-2H3;1H3,(H,2,3,4). The van der Waals surface area contributed by atoms with Crippen LogP contribution in [0, 0.1) is 0 Å². The summed E-state index contributed by atoms with van der Waals surface area (Å²) in [5.74, 6) is -0.937. The number of carbonyl (C=O) groups excluding carboxylic acids is 1. The Balaban J connectivity index is 0.000000575. The summed E-state index contributed by atoms with van der Waals surface area (Å²) in [5, 5.41) is 11.0. The van der Waals surface area contributed by atoms with Crippen LogP contribution in [-0.2, 0) is 17.2 Å². The van der Waals surface area contributed by atoms with Gasteiger partial charge < -0.3 is 14.6 Å². The van der Waals surface area contributed by atoms with Crippen LogP contribution in [0.25, 0.3) is 10.9 Å². The molecule has 0 aliphatic heterocycles. The van der Waals surface area contributed by atoms with Gasteiger partial charge in [0.05, 0.1) is 22.2 Å². The van der Waals surface area contributed by atoms with E-state index in [0.29, 0.717) is 24.0 Å². The van der Waals surface area contributed by atoms with Gasteiger partial charge in [-0.2, -0.15) is 8.42 Å². The van der Waals surface area contributed by atoms with E-state index < -0.39 is 21.5 Å². The molecular weight excluding hydrogens is 432 g/mol. The summed E-state index contributed by atoms with van der Waals surface area (Å²) in [6.45, 7) is 2.16. The molecule has 1 amide bonds. The topological polar surface area (TPSA) is 117 Å². The van der Waals surface area contributed by atoms with Gasteiger partial charge in [-0.05, 0) is 31.2 Å². The number of hydrogen-bond donors (Lipinski definition) is 2. The molecule has 0 radical (unpaired) electrons. The first kappa shape index (κ1) is 23.4. The summed E-state index contributed by atoms with van der Waals surface area (Å²) < 4.78 is 27.3. The maximum Gasteiger partial charge on any atom is 0.267 e. The van der Waals surface area contributed by atoms with Crippen LogP contribution in [-0.4, -0.2) is 41.4 Å². The number of aryl methyl sites for hydroxylation is 1. The third-order valence-corrected chi connectivity index (χ3v) is 4.51. The summed E-state index contributed by atoms with van der Waals surface area (Å²) in [6, 6.07) is 14.0. The fourth-order valence-electron chi connectivity index (χ4n) is 2.90. The van der Waals surface area contributed by atoms with Crippen molar-refractivity contribution in [3.05, 3.63) is 69.3 Å². The molecule has 0 atom stereocenters. The van der Waals surface area contributed by atoms with Crippen molar-refractivity contribution in [3.8, 4) is 5.88 Å². The predicted molar refractivity (Wildman–Crippen MR) is 117 cm³/mol. The molecule has 3 aromatic rings. The van der Waals surface area contributed by atoms with E-state index in [0.717, 1.165) is 0 Å². The third kappa shape index (κ3) is 5.18. The number of aromatic nitrogens is 1. The van der Waals surface area contributed by atoms with Gasteiger partial charge in [0, 0.05) is 19.3 Å². The Morgan fingerprint density at radius 2 is 1.70 bits per heavy atom. The van der Waals surface area contributed by atoms with Crippen LogP contribution < -0.4 is 10.3 Å². The van der Waals surface area contributed by atoms with Gasteiger partial charge in [-0.1, -0.05) is 35.9 Å². The van der Waals surface area contributed by atoms with E-state index >= 15 is 0 Å². The van der Waals surface area contributed by atoms with Crippen molar-refractivity contribution in [2.75, 3.05) is 17.7 Å². The number of hydrogen-bond acceptors (Lipinski definition) is 5. The van der Waals surface area contributed by atoms with Crippen LogP contribution in [0.3, 0.4) is 0 Å². The van der Waals surface area contributed by atoms with E-state index in [2.05, 4.69) is 0 Å². The number of carbonyl (C=O) groups is 1. The van der Waals surface area contributed by atoms with Gasteiger partial charge >= 0.3 is 0 Å². The number of pyridine rings is 1. The Bertz CT molecular complexity index is 1230. The predicted octanol–water partition coefficient (Wildman–Crippen LogP) is 3.07. The molecule has 10 heteroatoms. The van der Waals surface area contributed by atoms with E-state index in [9.17, 15) is 23.1 Å². The Labute approximate surface area is 178 Å². The van der Waals surface area contributed by atoms with Crippen molar-refractivity contribution >= 4 is 44.2 Å². The number of amides is 1. The van der Waals surface area contributed by atoms with Crippen LogP contribution in [0.15, 0.2) is 53.3 Å². The van der Waals surface area contributed by atoms with E-state index in [1.807, 2.05) is 6.07 Å².